The van der Waals surface area contributed by atoms with E-state index in [0.717, 1.165) is 28.1 Å². The molecule has 2 N–H and O–H groups in total. The molecular formula is C16H17N3O2. The second-order valence-electron chi connectivity index (χ2n) is 4.70. The number of furan rings is 1. The van der Waals surface area contributed by atoms with E-state index in [4.69, 9.17) is 14.9 Å². The van der Waals surface area contributed by atoms with Gasteiger partial charge in [0.25, 0.3) is 0 Å². The number of benzene rings is 1. The normalized spacial score (nSPS) is 10.8. The summed E-state index contributed by atoms with van der Waals surface area (Å²) in [5.41, 5.74) is 9.80. The van der Waals surface area contributed by atoms with Crippen molar-refractivity contribution >= 4 is 5.82 Å². The lowest BCUT2D eigenvalue weighted by atomic mass is 10.0. The first-order chi connectivity index (χ1) is 10.2. The quantitative estimate of drug-likeness (QED) is 0.797. The van der Waals surface area contributed by atoms with Crippen LogP contribution in [-0.2, 0) is 7.05 Å². The van der Waals surface area contributed by atoms with E-state index in [2.05, 4.69) is 5.10 Å². The summed E-state index contributed by atoms with van der Waals surface area (Å²) in [6.45, 7) is 2.61. The van der Waals surface area contributed by atoms with Crippen molar-refractivity contribution in [2.75, 3.05) is 12.3 Å². The van der Waals surface area contributed by atoms with Gasteiger partial charge in [-0.25, -0.2) is 0 Å². The molecule has 3 rings (SSSR count). The van der Waals surface area contributed by atoms with Crippen molar-refractivity contribution in [1.29, 1.82) is 0 Å². The summed E-state index contributed by atoms with van der Waals surface area (Å²) in [6, 6.07) is 9.72. The Morgan fingerprint density at radius 3 is 2.57 bits per heavy atom. The lowest BCUT2D eigenvalue weighted by Gasteiger charge is -2.06. The number of rotatable bonds is 4. The summed E-state index contributed by atoms with van der Waals surface area (Å²) in [6.07, 6.45) is 3.29. The van der Waals surface area contributed by atoms with Crippen LogP contribution >= 0.6 is 0 Å². The molecule has 0 aliphatic rings. The van der Waals surface area contributed by atoms with Gasteiger partial charge in [-0.05, 0) is 30.7 Å². The molecule has 0 atom stereocenters. The first kappa shape index (κ1) is 13.3. The van der Waals surface area contributed by atoms with Crippen LogP contribution in [0.3, 0.4) is 0 Å². The van der Waals surface area contributed by atoms with Crippen LogP contribution in [0.2, 0.25) is 0 Å². The van der Waals surface area contributed by atoms with Crippen molar-refractivity contribution < 1.29 is 9.15 Å². The van der Waals surface area contributed by atoms with Gasteiger partial charge in [-0.1, -0.05) is 12.1 Å². The number of anilines is 1. The maximum atomic E-state index is 6.18. The summed E-state index contributed by atoms with van der Waals surface area (Å²) < 4.78 is 12.3. The van der Waals surface area contributed by atoms with E-state index < -0.39 is 0 Å². The molecule has 0 spiro atoms. The molecule has 0 amide bonds. The molecule has 5 heteroatoms. The molecule has 1 aromatic carbocycles. The highest BCUT2D eigenvalue weighted by Gasteiger charge is 2.18. The Kier molecular flexibility index (Phi) is 3.39. The number of aryl methyl sites for hydroxylation is 1. The predicted molar refractivity (Wildman–Crippen MR) is 81.9 cm³/mol. The van der Waals surface area contributed by atoms with Crippen LogP contribution in [-0.4, -0.2) is 16.4 Å². The van der Waals surface area contributed by atoms with Crippen LogP contribution < -0.4 is 10.5 Å². The molecule has 0 aliphatic carbocycles. The molecule has 0 saturated carbocycles. The average molecular weight is 283 g/mol. The van der Waals surface area contributed by atoms with Gasteiger partial charge in [0, 0.05) is 12.6 Å². The van der Waals surface area contributed by atoms with Gasteiger partial charge < -0.3 is 14.9 Å². The maximum absolute atomic E-state index is 6.18. The van der Waals surface area contributed by atoms with E-state index in [1.165, 1.54) is 0 Å². The molecule has 21 heavy (non-hydrogen) atoms. The number of hydrogen-bond acceptors (Lipinski definition) is 4. The highest BCUT2D eigenvalue weighted by atomic mass is 16.5. The molecule has 0 aliphatic heterocycles. The zero-order valence-electron chi connectivity index (χ0n) is 12.0. The van der Waals surface area contributed by atoms with Crippen LogP contribution in [0.5, 0.6) is 5.75 Å². The van der Waals surface area contributed by atoms with Gasteiger partial charge in [-0.15, -0.1) is 0 Å². The molecule has 0 saturated heterocycles. The first-order valence-corrected chi connectivity index (χ1v) is 6.79. The fraction of sp³-hybridized carbons (Fsp3) is 0.188. The fourth-order valence-corrected chi connectivity index (χ4v) is 2.31. The van der Waals surface area contributed by atoms with Gasteiger partial charge in [0.2, 0.25) is 0 Å². The minimum Gasteiger partial charge on any atom is -0.494 e. The number of nitrogen functional groups attached to an aromatic ring is 1. The third kappa shape index (κ3) is 2.38. The van der Waals surface area contributed by atoms with E-state index >= 15 is 0 Å². The number of nitrogens with zero attached hydrogens (tertiary/aromatic N) is 2. The minimum atomic E-state index is 0.621. The molecule has 2 heterocycles. The van der Waals surface area contributed by atoms with Gasteiger partial charge >= 0.3 is 0 Å². The van der Waals surface area contributed by atoms with E-state index in [0.29, 0.717) is 12.4 Å². The second-order valence-corrected chi connectivity index (χ2v) is 4.70. The van der Waals surface area contributed by atoms with E-state index in [-0.39, 0.29) is 0 Å². The predicted octanol–water partition coefficient (Wildman–Crippen LogP) is 3.33. The summed E-state index contributed by atoms with van der Waals surface area (Å²) in [5, 5.41) is 4.49. The Hall–Kier alpha value is -2.69. The van der Waals surface area contributed by atoms with Crippen LogP contribution in [0.15, 0.2) is 47.3 Å². The van der Waals surface area contributed by atoms with Crippen LogP contribution in [0.25, 0.3) is 22.4 Å². The maximum Gasteiger partial charge on any atom is 0.129 e. The summed E-state index contributed by atoms with van der Waals surface area (Å²) in [4.78, 5) is 0. The van der Waals surface area contributed by atoms with Gasteiger partial charge in [-0.2, -0.15) is 5.10 Å². The Morgan fingerprint density at radius 2 is 1.95 bits per heavy atom. The topological polar surface area (TPSA) is 66.2 Å². The summed E-state index contributed by atoms with van der Waals surface area (Å²) in [5.74, 6) is 1.46. The van der Waals surface area contributed by atoms with Crippen molar-refractivity contribution in [3.05, 3.63) is 42.9 Å². The van der Waals surface area contributed by atoms with Gasteiger partial charge in [0.05, 0.1) is 24.7 Å². The van der Waals surface area contributed by atoms with Crippen LogP contribution in [0, 0.1) is 0 Å². The zero-order valence-corrected chi connectivity index (χ0v) is 12.0. The lowest BCUT2D eigenvalue weighted by molar-refractivity contribution is 0.340. The average Bonchev–Trinajstić information content (AvgIpc) is 3.10. The first-order valence-electron chi connectivity index (χ1n) is 6.79. The molecule has 0 unspecified atom stereocenters. The van der Waals surface area contributed by atoms with E-state index in [9.17, 15) is 0 Å². The highest BCUT2D eigenvalue weighted by molar-refractivity contribution is 5.87. The van der Waals surface area contributed by atoms with E-state index in [1.54, 1.807) is 17.2 Å². The molecule has 108 valence electrons. The Labute approximate surface area is 122 Å². The highest BCUT2D eigenvalue weighted by Crippen LogP contribution is 2.36. The number of hydrogen-bond donors (Lipinski definition) is 1. The summed E-state index contributed by atoms with van der Waals surface area (Å²) in [7, 11) is 1.83. The third-order valence-electron chi connectivity index (χ3n) is 3.34. The Morgan fingerprint density at radius 1 is 1.19 bits per heavy atom. The zero-order chi connectivity index (χ0) is 14.8. The van der Waals surface area contributed by atoms with Crippen molar-refractivity contribution in [1.82, 2.24) is 9.78 Å². The largest absolute Gasteiger partial charge is 0.494 e. The van der Waals surface area contributed by atoms with Crippen LogP contribution in [0.4, 0.5) is 5.82 Å². The minimum absolute atomic E-state index is 0.621. The monoisotopic (exact) mass is 283 g/mol. The van der Waals surface area contributed by atoms with Crippen molar-refractivity contribution in [2.24, 2.45) is 7.05 Å². The number of nitrogens with two attached hydrogens (primary N) is 1. The standard InChI is InChI=1S/C16H17N3O2/c1-3-21-13-6-4-11(5-7-13)14-15(12-8-9-20-10-12)18-19(2)16(14)17/h4-10H,3,17H2,1-2H3. The Balaban J connectivity index is 2.09. The molecular weight excluding hydrogens is 266 g/mol. The molecule has 2 aromatic heterocycles. The smallest absolute Gasteiger partial charge is 0.129 e. The van der Waals surface area contributed by atoms with Gasteiger partial charge in [0.15, 0.2) is 0 Å². The van der Waals surface area contributed by atoms with Crippen molar-refractivity contribution in [2.45, 2.75) is 6.92 Å². The third-order valence-corrected chi connectivity index (χ3v) is 3.34. The lowest BCUT2D eigenvalue weighted by Crippen LogP contribution is -1.98. The SMILES string of the molecule is CCOc1ccc(-c2c(-c3ccoc3)nn(C)c2N)cc1. The summed E-state index contributed by atoms with van der Waals surface area (Å²) >= 11 is 0. The van der Waals surface area contributed by atoms with Gasteiger partial charge in [0.1, 0.15) is 17.3 Å². The Bertz CT molecular complexity index is 728. The van der Waals surface area contributed by atoms with Gasteiger partial charge in [-0.3, -0.25) is 4.68 Å². The fourth-order valence-electron chi connectivity index (χ4n) is 2.31. The molecule has 0 fully saturated rings. The molecule has 0 radical (unpaired) electrons. The second kappa shape index (κ2) is 5.36. The molecule has 0 bridgehead atoms. The number of aromatic nitrogens is 2. The number of ether oxygens (including phenoxy) is 1. The molecule has 3 aromatic rings. The van der Waals surface area contributed by atoms with E-state index in [1.807, 2.05) is 44.3 Å². The van der Waals surface area contributed by atoms with Crippen LogP contribution in [0.1, 0.15) is 6.92 Å². The molecule has 5 nitrogen and oxygen atoms in total. The van der Waals surface area contributed by atoms with Crippen molar-refractivity contribution in [3.8, 4) is 28.1 Å². The van der Waals surface area contributed by atoms with Crippen molar-refractivity contribution in [3.63, 3.8) is 0 Å².